The quantitative estimate of drug-likeness (QED) is 0.551. The molecule has 0 bridgehead atoms. The molecule has 1 aromatic carbocycles. The molecule has 0 saturated carbocycles. The van der Waals surface area contributed by atoms with E-state index in [-0.39, 0.29) is 5.82 Å². The highest BCUT2D eigenvalue weighted by Crippen LogP contribution is 2.32. The van der Waals surface area contributed by atoms with Gasteiger partial charge in [0.2, 0.25) is 5.95 Å². The number of rotatable bonds is 5. The van der Waals surface area contributed by atoms with Crippen molar-refractivity contribution >= 4 is 5.95 Å². The van der Waals surface area contributed by atoms with Crippen LogP contribution in [0.1, 0.15) is 11.3 Å². The third-order valence-corrected chi connectivity index (χ3v) is 4.29. The third kappa shape index (κ3) is 3.55. The summed E-state index contributed by atoms with van der Waals surface area (Å²) in [5, 5.41) is 3.10. The zero-order chi connectivity index (χ0) is 18.6. The monoisotopic (exact) mass is 360 g/mol. The van der Waals surface area contributed by atoms with Gasteiger partial charge in [0.1, 0.15) is 11.6 Å². The van der Waals surface area contributed by atoms with Crippen molar-refractivity contribution in [1.29, 1.82) is 0 Å². The maximum absolute atomic E-state index is 13.8. The van der Waals surface area contributed by atoms with Crippen molar-refractivity contribution in [1.82, 2.24) is 15.0 Å². The highest BCUT2D eigenvalue weighted by molar-refractivity contribution is 5.81. The van der Waals surface area contributed by atoms with Crippen LogP contribution in [0.2, 0.25) is 0 Å². The summed E-state index contributed by atoms with van der Waals surface area (Å²) < 4.78 is 19.3. The van der Waals surface area contributed by atoms with Gasteiger partial charge in [-0.15, -0.1) is 0 Å². The van der Waals surface area contributed by atoms with E-state index in [1.54, 1.807) is 43.1 Å². The van der Waals surface area contributed by atoms with Crippen LogP contribution in [-0.2, 0) is 6.54 Å². The fraction of sp³-hybridized carbons (Fsp3) is 0.0952. The van der Waals surface area contributed by atoms with E-state index in [4.69, 9.17) is 4.42 Å². The molecule has 1 N–H and O–H groups in total. The number of hydrogen-bond donors (Lipinski definition) is 1. The van der Waals surface area contributed by atoms with Crippen molar-refractivity contribution in [3.8, 4) is 22.4 Å². The lowest BCUT2D eigenvalue weighted by molar-refractivity contribution is 0.535. The highest BCUT2D eigenvalue weighted by Gasteiger charge is 2.15. The molecule has 0 radical (unpaired) electrons. The molecular weight excluding hydrogens is 343 g/mol. The van der Waals surface area contributed by atoms with Crippen molar-refractivity contribution < 1.29 is 8.81 Å². The summed E-state index contributed by atoms with van der Waals surface area (Å²) in [6.07, 6.45) is 6.85. The largest absolute Gasteiger partial charge is 0.469 e. The molecule has 0 aliphatic rings. The van der Waals surface area contributed by atoms with Crippen LogP contribution in [0.4, 0.5) is 10.3 Å². The van der Waals surface area contributed by atoms with Gasteiger partial charge in [0.25, 0.3) is 0 Å². The van der Waals surface area contributed by atoms with E-state index in [0.717, 1.165) is 28.1 Å². The van der Waals surface area contributed by atoms with Gasteiger partial charge in [-0.2, -0.15) is 0 Å². The number of furan rings is 1. The number of benzene rings is 1. The van der Waals surface area contributed by atoms with Gasteiger partial charge in [-0.3, -0.25) is 4.98 Å². The predicted octanol–water partition coefficient (Wildman–Crippen LogP) is 4.86. The Morgan fingerprint density at radius 2 is 1.85 bits per heavy atom. The lowest BCUT2D eigenvalue weighted by Crippen LogP contribution is -2.06. The molecule has 134 valence electrons. The van der Waals surface area contributed by atoms with Gasteiger partial charge in [0.05, 0.1) is 12.0 Å². The molecule has 3 heterocycles. The summed E-state index contributed by atoms with van der Waals surface area (Å²) in [4.78, 5) is 13.1. The Morgan fingerprint density at radius 3 is 2.59 bits per heavy atom. The molecule has 6 heteroatoms. The van der Waals surface area contributed by atoms with E-state index >= 15 is 0 Å². The van der Waals surface area contributed by atoms with Crippen LogP contribution in [0.3, 0.4) is 0 Å². The number of aryl methyl sites for hydroxylation is 1. The second-order valence-electron chi connectivity index (χ2n) is 6.03. The van der Waals surface area contributed by atoms with Crippen molar-refractivity contribution in [2.24, 2.45) is 0 Å². The number of anilines is 1. The number of nitrogens with one attached hydrogen (secondary N) is 1. The molecule has 0 fully saturated rings. The van der Waals surface area contributed by atoms with Gasteiger partial charge >= 0.3 is 0 Å². The van der Waals surface area contributed by atoms with Crippen molar-refractivity contribution in [2.75, 3.05) is 5.32 Å². The molecule has 0 aliphatic heterocycles. The normalized spacial score (nSPS) is 10.7. The van der Waals surface area contributed by atoms with E-state index in [9.17, 15) is 4.39 Å². The molecule has 4 rings (SSSR count). The summed E-state index contributed by atoms with van der Waals surface area (Å²) in [5.74, 6) is 0.931. The van der Waals surface area contributed by atoms with Crippen LogP contribution in [0.25, 0.3) is 22.4 Å². The molecule has 4 aromatic rings. The second-order valence-corrected chi connectivity index (χ2v) is 6.03. The first-order chi connectivity index (χ1) is 13.2. The van der Waals surface area contributed by atoms with E-state index in [1.165, 1.54) is 6.07 Å². The highest BCUT2D eigenvalue weighted by atomic mass is 19.1. The SMILES string of the molecule is Cc1occc1-c1nc(NCc2ccccc2F)ncc1-c1ccncc1. The van der Waals surface area contributed by atoms with E-state index in [2.05, 4.69) is 20.3 Å². The van der Waals surface area contributed by atoms with Crippen LogP contribution in [0, 0.1) is 12.7 Å². The number of aromatic nitrogens is 3. The van der Waals surface area contributed by atoms with E-state index in [0.29, 0.717) is 18.1 Å². The molecule has 0 aliphatic carbocycles. The second kappa shape index (κ2) is 7.37. The maximum atomic E-state index is 13.8. The summed E-state index contributed by atoms with van der Waals surface area (Å²) in [6.45, 7) is 2.19. The Kier molecular flexibility index (Phi) is 4.61. The van der Waals surface area contributed by atoms with Crippen LogP contribution >= 0.6 is 0 Å². The van der Waals surface area contributed by atoms with E-state index in [1.807, 2.05) is 25.1 Å². The van der Waals surface area contributed by atoms with Gasteiger partial charge in [-0.05, 0) is 36.8 Å². The van der Waals surface area contributed by atoms with Crippen molar-refractivity contribution in [3.63, 3.8) is 0 Å². The molecule has 0 saturated heterocycles. The topological polar surface area (TPSA) is 63.8 Å². The van der Waals surface area contributed by atoms with Crippen molar-refractivity contribution in [2.45, 2.75) is 13.5 Å². The molecule has 0 unspecified atom stereocenters. The summed E-state index contributed by atoms with van der Waals surface area (Å²) in [6, 6.07) is 12.3. The minimum absolute atomic E-state index is 0.260. The van der Waals surface area contributed by atoms with E-state index < -0.39 is 0 Å². The van der Waals surface area contributed by atoms with Gasteiger partial charge in [0, 0.05) is 41.8 Å². The number of nitrogens with zero attached hydrogens (tertiary/aromatic N) is 3. The first kappa shape index (κ1) is 16.9. The molecular formula is C21H17FN4O. The third-order valence-electron chi connectivity index (χ3n) is 4.29. The predicted molar refractivity (Wildman–Crippen MR) is 101 cm³/mol. The molecule has 0 spiro atoms. The number of pyridine rings is 1. The first-order valence-corrected chi connectivity index (χ1v) is 8.51. The standard InChI is InChI=1S/C21H17FN4O/c1-14-17(8-11-27-14)20-18(15-6-9-23-10-7-15)13-25-21(26-20)24-12-16-4-2-3-5-19(16)22/h2-11,13H,12H2,1H3,(H,24,25,26). The lowest BCUT2D eigenvalue weighted by atomic mass is 10.0. The summed E-state index contributed by atoms with van der Waals surface area (Å²) in [5.41, 5.74) is 4.02. The van der Waals surface area contributed by atoms with Crippen LogP contribution in [0.15, 0.2) is 71.7 Å². The Balaban J connectivity index is 1.71. The minimum atomic E-state index is -0.260. The molecule has 0 amide bonds. The summed E-state index contributed by atoms with van der Waals surface area (Å²) >= 11 is 0. The number of hydrogen-bond acceptors (Lipinski definition) is 5. The molecule has 0 atom stereocenters. The fourth-order valence-corrected chi connectivity index (χ4v) is 2.86. The first-order valence-electron chi connectivity index (χ1n) is 8.51. The Bertz CT molecular complexity index is 1060. The average Bonchev–Trinajstić information content (AvgIpc) is 3.14. The zero-order valence-electron chi connectivity index (χ0n) is 14.7. The van der Waals surface area contributed by atoms with Gasteiger partial charge < -0.3 is 9.73 Å². The Hall–Kier alpha value is -3.54. The zero-order valence-corrected chi connectivity index (χ0v) is 14.7. The molecule has 5 nitrogen and oxygen atoms in total. The Morgan fingerprint density at radius 1 is 1.04 bits per heavy atom. The van der Waals surface area contributed by atoms with Gasteiger partial charge in [-0.1, -0.05) is 18.2 Å². The smallest absolute Gasteiger partial charge is 0.223 e. The van der Waals surface area contributed by atoms with Crippen LogP contribution < -0.4 is 5.32 Å². The van der Waals surface area contributed by atoms with Crippen LogP contribution in [0.5, 0.6) is 0 Å². The van der Waals surface area contributed by atoms with Gasteiger partial charge in [0.15, 0.2) is 0 Å². The Labute approximate surface area is 156 Å². The molecule has 27 heavy (non-hydrogen) atoms. The molecule has 3 aromatic heterocycles. The van der Waals surface area contributed by atoms with Crippen LogP contribution in [-0.4, -0.2) is 15.0 Å². The lowest BCUT2D eigenvalue weighted by Gasteiger charge is -2.11. The summed E-state index contributed by atoms with van der Waals surface area (Å²) in [7, 11) is 0. The maximum Gasteiger partial charge on any atom is 0.223 e. The average molecular weight is 360 g/mol. The minimum Gasteiger partial charge on any atom is -0.469 e. The fourth-order valence-electron chi connectivity index (χ4n) is 2.86. The number of halogens is 1. The van der Waals surface area contributed by atoms with Crippen molar-refractivity contribution in [3.05, 3.63) is 84.5 Å². The van der Waals surface area contributed by atoms with Gasteiger partial charge in [-0.25, -0.2) is 14.4 Å².